The van der Waals surface area contributed by atoms with Crippen molar-refractivity contribution in [1.82, 2.24) is 10.2 Å². The first-order valence-electron chi connectivity index (χ1n) is 8.58. The molecule has 0 spiro atoms. The molecule has 1 aromatic rings. The number of nitrogens with zero attached hydrogens (tertiary/aromatic N) is 1. The van der Waals surface area contributed by atoms with Gasteiger partial charge in [0.05, 0.1) is 13.7 Å². The van der Waals surface area contributed by atoms with E-state index in [4.69, 9.17) is 9.47 Å². The van der Waals surface area contributed by atoms with Crippen LogP contribution in [0.1, 0.15) is 31.9 Å². The van der Waals surface area contributed by atoms with Gasteiger partial charge in [-0.15, -0.1) is 0 Å². The van der Waals surface area contributed by atoms with Crippen molar-refractivity contribution in [3.63, 3.8) is 0 Å². The summed E-state index contributed by atoms with van der Waals surface area (Å²) in [6.07, 6.45) is 0. The van der Waals surface area contributed by atoms with Crippen molar-refractivity contribution in [2.24, 2.45) is 11.8 Å². The summed E-state index contributed by atoms with van der Waals surface area (Å²) in [7, 11) is 3.37. The molecule has 1 saturated heterocycles. The Bertz CT molecular complexity index is 560. The molecule has 134 valence electrons. The highest BCUT2D eigenvalue weighted by Crippen LogP contribution is 2.27. The monoisotopic (exact) mass is 334 g/mol. The molecule has 1 aliphatic heterocycles. The lowest BCUT2D eigenvalue weighted by Crippen LogP contribution is -2.40. The topological polar surface area (TPSA) is 50.8 Å². The van der Waals surface area contributed by atoms with Crippen molar-refractivity contribution in [3.8, 4) is 5.75 Å². The highest BCUT2D eigenvalue weighted by molar-refractivity contribution is 5.73. The number of ether oxygens (including phenoxy) is 2. The molecule has 2 rings (SSSR count). The van der Waals surface area contributed by atoms with Gasteiger partial charge < -0.3 is 14.8 Å². The van der Waals surface area contributed by atoms with Crippen LogP contribution in [0.4, 0.5) is 0 Å². The van der Waals surface area contributed by atoms with Gasteiger partial charge in [-0.3, -0.25) is 9.69 Å². The zero-order chi connectivity index (χ0) is 17.7. The molecule has 0 unspecified atom stereocenters. The molecular weight excluding hydrogens is 304 g/mol. The zero-order valence-electron chi connectivity index (χ0n) is 15.5. The van der Waals surface area contributed by atoms with Crippen LogP contribution in [-0.2, 0) is 22.7 Å². The van der Waals surface area contributed by atoms with Gasteiger partial charge in [0.2, 0.25) is 5.91 Å². The fourth-order valence-corrected chi connectivity index (χ4v) is 3.59. The standard InChI is InChI=1S/C19H30N2O3/c1-13(2)17-10-21(11-18(17)20-14(3)22)9-15-6-7-19(24-5)16(8-15)12-23-4/h6-8,13,17-18H,9-12H2,1-5H3,(H,20,22)/t17-,18+/m0/s1. The van der Waals surface area contributed by atoms with Gasteiger partial charge >= 0.3 is 0 Å². The van der Waals surface area contributed by atoms with E-state index >= 15 is 0 Å². The molecule has 0 bridgehead atoms. The fraction of sp³-hybridized carbons (Fsp3) is 0.632. The van der Waals surface area contributed by atoms with Gasteiger partial charge in [0.15, 0.2) is 0 Å². The van der Waals surface area contributed by atoms with E-state index in [1.807, 2.05) is 6.07 Å². The largest absolute Gasteiger partial charge is 0.496 e. The van der Waals surface area contributed by atoms with Gasteiger partial charge in [-0.05, 0) is 29.5 Å². The summed E-state index contributed by atoms with van der Waals surface area (Å²) >= 11 is 0. The molecule has 0 saturated carbocycles. The van der Waals surface area contributed by atoms with Crippen LogP contribution in [0.25, 0.3) is 0 Å². The molecule has 1 N–H and O–H groups in total. The van der Waals surface area contributed by atoms with Gasteiger partial charge in [-0.25, -0.2) is 0 Å². The lowest BCUT2D eigenvalue weighted by Gasteiger charge is -2.22. The fourth-order valence-electron chi connectivity index (χ4n) is 3.59. The molecule has 5 nitrogen and oxygen atoms in total. The Labute approximate surface area is 145 Å². The number of rotatable bonds is 7. The molecule has 5 heteroatoms. The quantitative estimate of drug-likeness (QED) is 0.832. The van der Waals surface area contributed by atoms with Gasteiger partial charge in [0.25, 0.3) is 0 Å². The van der Waals surface area contributed by atoms with Crippen molar-refractivity contribution in [3.05, 3.63) is 29.3 Å². The van der Waals surface area contributed by atoms with E-state index < -0.39 is 0 Å². The van der Waals surface area contributed by atoms with Crippen molar-refractivity contribution in [2.75, 3.05) is 27.3 Å². The van der Waals surface area contributed by atoms with E-state index in [0.717, 1.165) is 30.9 Å². The summed E-state index contributed by atoms with van der Waals surface area (Å²) in [6.45, 7) is 9.38. The minimum Gasteiger partial charge on any atom is -0.496 e. The normalized spacial score (nSPS) is 21.2. The molecule has 2 atom stereocenters. The second kappa shape index (κ2) is 8.49. The van der Waals surface area contributed by atoms with E-state index in [0.29, 0.717) is 18.4 Å². The van der Waals surface area contributed by atoms with E-state index in [-0.39, 0.29) is 11.9 Å². The van der Waals surface area contributed by atoms with Crippen LogP contribution in [0.15, 0.2) is 18.2 Å². The molecule has 1 aromatic carbocycles. The van der Waals surface area contributed by atoms with Crippen LogP contribution in [0.2, 0.25) is 0 Å². The van der Waals surface area contributed by atoms with Gasteiger partial charge in [0, 0.05) is 45.3 Å². The Morgan fingerprint density at radius 1 is 1.33 bits per heavy atom. The van der Waals surface area contributed by atoms with Crippen LogP contribution in [0.3, 0.4) is 0 Å². The van der Waals surface area contributed by atoms with Gasteiger partial charge in [-0.2, -0.15) is 0 Å². The maximum atomic E-state index is 11.5. The number of hydrogen-bond donors (Lipinski definition) is 1. The van der Waals surface area contributed by atoms with Crippen LogP contribution in [0, 0.1) is 11.8 Å². The Morgan fingerprint density at radius 2 is 2.08 bits per heavy atom. The van der Waals surface area contributed by atoms with E-state index in [9.17, 15) is 4.79 Å². The number of likely N-dealkylation sites (tertiary alicyclic amines) is 1. The second-order valence-corrected chi connectivity index (χ2v) is 6.99. The summed E-state index contributed by atoms with van der Waals surface area (Å²) < 4.78 is 10.7. The molecule has 1 aliphatic rings. The van der Waals surface area contributed by atoms with E-state index in [1.54, 1.807) is 21.1 Å². The third-order valence-electron chi connectivity index (χ3n) is 4.74. The van der Waals surface area contributed by atoms with Crippen LogP contribution >= 0.6 is 0 Å². The Hall–Kier alpha value is -1.59. The molecule has 1 fully saturated rings. The minimum atomic E-state index is 0.0549. The highest BCUT2D eigenvalue weighted by atomic mass is 16.5. The molecule has 24 heavy (non-hydrogen) atoms. The third-order valence-corrected chi connectivity index (χ3v) is 4.74. The number of hydrogen-bond acceptors (Lipinski definition) is 4. The molecular formula is C19H30N2O3. The van der Waals surface area contributed by atoms with Gasteiger partial charge in [0.1, 0.15) is 5.75 Å². The number of carbonyl (C=O) groups is 1. The van der Waals surface area contributed by atoms with Gasteiger partial charge in [-0.1, -0.05) is 19.9 Å². The first kappa shape index (κ1) is 18.7. The lowest BCUT2D eigenvalue weighted by atomic mass is 9.91. The number of methoxy groups -OCH3 is 2. The van der Waals surface area contributed by atoms with Crippen molar-refractivity contribution in [2.45, 2.75) is 40.0 Å². The number of carbonyl (C=O) groups excluding carboxylic acids is 1. The summed E-state index contributed by atoms with van der Waals surface area (Å²) in [5, 5.41) is 3.12. The second-order valence-electron chi connectivity index (χ2n) is 6.99. The molecule has 1 heterocycles. The van der Waals surface area contributed by atoms with Crippen LogP contribution < -0.4 is 10.1 Å². The average molecular weight is 334 g/mol. The van der Waals surface area contributed by atoms with Crippen LogP contribution in [0.5, 0.6) is 5.75 Å². The Kier molecular flexibility index (Phi) is 6.63. The van der Waals surface area contributed by atoms with Crippen LogP contribution in [-0.4, -0.2) is 44.2 Å². The average Bonchev–Trinajstić information content (AvgIpc) is 2.90. The summed E-state index contributed by atoms with van der Waals surface area (Å²) in [5.41, 5.74) is 2.31. The predicted octanol–water partition coefficient (Wildman–Crippen LogP) is 2.43. The number of benzene rings is 1. The van der Waals surface area contributed by atoms with Crippen molar-refractivity contribution in [1.29, 1.82) is 0 Å². The number of amides is 1. The first-order valence-corrected chi connectivity index (χ1v) is 8.58. The highest BCUT2D eigenvalue weighted by Gasteiger charge is 2.34. The molecule has 0 aliphatic carbocycles. The number of nitrogens with one attached hydrogen (secondary N) is 1. The van der Waals surface area contributed by atoms with Crippen molar-refractivity contribution < 1.29 is 14.3 Å². The summed E-state index contributed by atoms with van der Waals surface area (Å²) in [4.78, 5) is 13.9. The molecule has 0 radical (unpaired) electrons. The maximum Gasteiger partial charge on any atom is 0.217 e. The Morgan fingerprint density at radius 3 is 2.67 bits per heavy atom. The lowest BCUT2D eigenvalue weighted by molar-refractivity contribution is -0.119. The molecule has 1 amide bonds. The maximum absolute atomic E-state index is 11.5. The third kappa shape index (κ3) is 4.71. The minimum absolute atomic E-state index is 0.0549. The Balaban J connectivity index is 2.08. The van der Waals surface area contributed by atoms with E-state index in [2.05, 4.69) is 36.2 Å². The summed E-state index contributed by atoms with van der Waals surface area (Å²) in [6, 6.07) is 6.50. The zero-order valence-corrected chi connectivity index (χ0v) is 15.5. The SMILES string of the molecule is COCc1cc(CN2C[C@@H](NC(C)=O)[C@H](C(C)C)C2)ccc1OC. The smallest absolute Gasteiger partial charge is 0.217 e. The summed E-state index contributed by atoms with van der Waals surface area (Å²) in [5.74, 6) is 1.95. The van der Waals surface area contributed by atoms with E-state index in [1.165, 1.54) is 5.56 Å². The molecule has 0 aromatic heterocycles. The predicted molar refractivity (Wildman–Crippen MR) is 94.9 cm³/mol. The van der Waals surface area contributed by atoms with Crippen molar-refractivity contribution >= 4 is 5.91 Å². The first-order chi connectivity index (χ1) is 11.4.